The van der Waals surface area contributed by atoms with Crippen molar-refractivity contribution in [1.29, 1.82) is 0 Å². The fourth-order valence-electron chi connectivity index (χ4n) is 3.26. The third-order valence-electron chi connectivity index (χ3n) is 4.70. The fraction of sp³-hybridized carbons (Fsp3) is 0.130. The molecule has 1 aliphatic rings. The van der Waals surface area contributed by atoms with E-state index in [0.717, 1.165) is 23.5 Å². The molecule has 0 aromatic heterocycles. The molecule has 28 heavy (non-hydrogen) atoms. The Labute approximate surface area is 164 Å². The molecule has 0 bridgehead atoms. The summed E-state index contributed by atoms with van der Waals surface area (Å²) in [7, 11) is 0. The van der Waals surface area contributed by atoms with Crippen LogP contribution in [0.3, 0.4) is 0 Å². The molecule has 3 aromatic carbocycles. The van der Waals surface area contributed by atoms with Crippen LogP contribution in [0.15, 0.2) is 78.9 Å². The number of carbonyl (C=O) groups is 2. The minimum atomic E-state index is -0.197. The molecule has 3 aromatic rings. The highest BCUT2D eigenvalue weighted by Gasteiger charge is 2.22. The van der Waals surface area contributed by atoms with Crippen molar-refractivity contribution in [3.05, 3.63) is 84.4 Å². The summed E-state index contributed by atoms with van der Waals surface area (Å²) in [6, 6.07) is 24.7. The number of hydrogen-bond donors (Lipinski definition) is 2. The van der Waals surface area contributed by atoms with Crippen LogP contribution in [-0.2, 0) is 4.79 Å². The van der Waals surface area contributed by atoms with E-state index in [9.17, 15) is 9.59 Å². The summed E-state index contributed by atoms with van der Waals surface area (Å²) < 4.78 is 0. The Bertz CT molecular complexity index is 984. The van der Waals surface area contributed by atoms with Crippen molar-refractivity contribution in [3.8, 4) is 0 Å². The first-order valence-electron chi connectivity index (χ1n) is 9.33. The number of nitrogens with one attached hydrogen (secondary N) is 2. The maximum absolute atomic E-state index is 12.6. The molecule has 5 nitrogen and oxygen atoms in total. The Morgan fingerprint density at radius 1 is 0.821 bits per heavy atom. The summed E-state index contributed by atoms with van der Waals surface area (Å²) in [4.78, 5) is 26.3. The van der Waals surface area contributed by atoms with E-state index in [1.165, 1.54) is 0 Å². The van der Waals surface area contributed by atoms with Crippen molar-refractivity contribution in [2.75, 3.05) is 22.1 Å². The SMILES string of the molecule is O=C(Nc1ccc(Nc2ccccc2)cc1)c1cccc(N2CCCC2=O)c1. The lowest BCUT2D eigenvalue weighted by Crippen LogP contribution is -2.24. The van der Waals surface area contributed by atoms with Gasteiger partial charge < -0.3 is 15.5 Å². The van der Waals surface area contributed by atoms with Crippen LogP contribution < -0.4 is 15.5 Å². The Hall–Kier alpha value is -3.60. The van der Waals surface area contributed by atoms with Gasteiger partial charge in [-0.05, 0) is 61.0 Å². The summed E-state index contributed by atoms with van der Waals surface area (Å²) >= 11 is 0. The van der Waals surface area contributed by atoms with Crippen LogP contribution in [0.2, 0.25) is 0 Å². The first kappa shape index (κ1) is 17.8. The Balaban J connectivity index is 1.43. The van der Waals surface area contributed by atoms with Crippen molar-refractivity contribution in [2.24, 2.45) is 0 Å². The lowest BCUT2D eigenvalue weighted by atomic mass is 10.1. The van der Waals surface area contributed by atoms with Gasteiger partial charge in [-0.15, -0.1) is 0 Å². The molecule has 2 amide bonds. The van der Waals surface area contributed by atoms with E-state index in [1.807, 2.05) is 66.7 Å². The molecule has 0 spiro atoms. The van der Waals surface area contributed by atoms with Crippen LogP contribution in [0.4, 0.5) is 22.7 Å². The summed E-state index contributed by atoms with van der Waals surface area (Å²) in [6.45, 7) is 0.708. The minimum Gasteiger partial charge on any atom is -0.356 e. The van der Waals surface area contributed by atoms with E-state index in [1.54, 1.807) is 17.0 Å². The zero-order chi connectivity index (χ0) is 19.3. The molecule has 0 atom stereocenters. The normalized spacial score (nSPS) is 13.4. The monoisotopic (exact) mass is 371 g/mol. The minimum absolute atomic E-state index is 0.110. The van der Waals surface area contributed by atoms with Crippen molar-refractivity contribution in [3.63, 3.8) is 0 Å². The number of rotatable bonds is 5. The molecule has 0 saturated carbocycles. The van der Waals surface area contributed by atoms with Crippen LogP contribution in [0, 0.1) is 0 Å². The average molecular weight is 371 g/mol. The first-order valence-corrected chi connectivity index (χ1v) is 9.33. The van der Waals surface area contributed by atoms with Gasteiger partial charge in [-0.25, -0.2) is 0 Å². The first-order chi connectivity index (χ1) is 13.7. The van der Waals surface area contributed by atoms with Gasteiger partial charge in [0.15, 0.2) is 0 Å². The molecule has 4 rings (SSSR count). The number of hydrogen-bond acceptors (Lipinski definition) is 3. The van der Waals surface area contributed by atoms with Crippen LogP contribution in [0.5, 0.6) is 0 Å². The van der Waals surface area contributed by atoms with E-state index in [-0.39, 0.29) is 11.8 Å². The standard InChI is InChI=1S/C23H21N3O2/c27-22-10-5-15-26(22)21-9-4-6-17(16-21)23(28)25-20-13-11-19(12-14-20)24-18-7-2-1-3-8-18/h1-4,6-9,11-14,16,24H,5,10,15H2,(H,25,28). The summed E-state index contributed by atoms with van der Waals surface area (Å²) in [6.07, 6.45) is 1.43. The number of para-hydroxylation sites is 1. The van der Waals surface area contributed by atoms with E-state index < -0.39 is 0 Å². The maximum atomic E-state index is 12.6. The maximum Gasteiger partial charge on any atom is 0.255 e. The topological polar surface area (TPSA) is 61.4 Å². The highest BCUT2D eigenvalue weighted by molar-refractivity contribution is 6.05. The van der Waals surface area contributed by atoms with Gasteiger partial charge in [0, 0.05) is 41.3 Å². The molecule has 0 unspecified atom stereocenters. The number of anilines is 4. The zero-order valence-corrected chi connectivity index (χ0v) is 15.4. The molecule has 1 heterocycles. The molecule has 0 aliphatic carbocycles. The predicted octanol–water partition coefficient (Wildman–Crippen LogP) is 4.81. The van der Waals surface area contributed by atoms with E-state index in [4.69, 9.17) is 0 Å². The zero-order valence-electron chi connectivity index (χ0n) is 15.4. The van der Waals surface area contributed by atoms with Gasteiger partial charge in [0.05, 0.1) is 0 Å². The molecule has 1 fully saturated rings. The molecule has 5 heteroatoms. The van der Waals surface area contributed by atoms with Gasteiger partial charge in [-0.3, -0.25) is 9.59 Å². The second kappa shape index (κ2) is 7.96. The Morgan fingerprint density at radius 2 is 1.54 bits per heavy atom. The van der Waals surface area contributed by atoms with Gasteiger partial charge in [-0.2, -0.15) is 0 Å². The molecule has 1 aliphatic heterocycles. The Morgan fingerprint density at radius 3 is 2.25 bits per heavy atom. The second-order valence-corrected chi connectivity index (χ2v) is 6.72. The molecule has 0 radical (unpaired) electrons. The molecular weight excluding hydrogens is 350 g/mol. The number of amides is 2. The highest BCUT2D eigenvalue weighted by Crippen LogP contribution is 2.23. The molecule has 2 N–H and O–H groups in total. The average Bonchev–Trinajstić information content (AvgIpc) is 3.16. The second-order valence-electron chi connectivity index (χ2n) is 6.72. The van der Waals surface area contributed by atoms with Crippen LogP contribution in [0.25, 0.3) is 0 Å². The highest BCUT2D eigenvalue weighted by atomic mass is 16.2. The predicted molar refractivity (Wildman–Crippen MR) is 112 cm³/mol. The van der Waals surface area contributed by atoms with E-state index in [0.29, 0.717) is 24.2 Å². The Kier molecular flexibility index (Phi) is 5.06. The van der Waals surface area contributed by atoms with Gasteiger partial charge in [0.1, 0.15) is 0 Å². The van der Waals surface area contributed by atoms with Gasteiger partial charge in [-0.1, -0.05) is 24.3 Å². The number of benzene rings is 3. The van der Waals surface area contributed by atoms with Crippen LogP contribution >= 0.6 is 0 Å². The summed E-state index contributed by atoms with van der Waals surface area (Å²) in [5.41, 5.74) is 3.97. The smallest absolute Gasteiger partial charge is 0.255 e. The van der Waals surface area contributed by atoms with Crippen molar-refractivity contribution >= 4 is 34.6 Å². The number of carbonyl (C=O) groups excluding carboxylic acids is 2. The molecular formula is C23H21N3O2. The van der Waals surface area contributed by atoms with Crippen molar-refractivity contribution < 1.29 is 9.59 Å². The summed E-state index contributed by atoms with van der Waals surface area (Å²) in [5.74, 6) is -0.0867. The van der Waals surface area contributed by atoms with Gasteiger partial charge in [0.2, 0.25) is 5.91 Å². The van der Waals surface area contributed by atoms with Crippen LogP contribution in [-0.4, -0.2) is 18.4 Å². The van der Waals surface area contributed by atoms with Crippen molar-refractivity contribution in [1.82, 2.24) is 0 Å². The molecule has 1 saturated heterocycles. The quantitative estimate of drug-likeness (QED) is 0.677. The van der Waals surface area contributed by atoms with Crippen molar-refractivity contribution in [2.45, 2.75) is 12.8 Å². The van der Waals surface area contributed by atoms with Gasteiger partial charge >= 0.3 is 0 Å². The largest absolute Gasteiger partial charge is 0.356 e. The van der Waals surface area contributed by atoms with Gasteiger partial charge in [0.25, 0.3) is 5.91 Å². The van der Waals surface area contributed by atoms with Crippen LogP contribution in [0.1, 0.15) is 23.2 Å². The number of nitrogens with zero attached hydrogens (tertiary/aromatic N) is 1. The fourth-order valence-corrected chi connectivity index (χ4v) is 3.26. The lowest BCUT2D eigenvalue weighted by Gasteiger charge is -2.16. The third kappa shape index (κ3) is 4.04. The van der Waals surface area contributed by atoms with E-state index >= 15 is 0 Å². The lowest BCUT2D eigenvalue weighted by molar-refractivity contribution is -0.117. The van der Waals surface area contributed by atoms with E-state index in [2.05, 4.69) is 10.6 Å². The summed E-state index contributed by atoms with van der Waals surface area (Å²) in [5, 5.41) is 6.22. The molecule has 140 valence electrons. The third-order valence-corrected chi connectivity index (χ3v) is 4.70.